The molecule has 0 aliphatic heterocycles. The lowest BCUT2D eigenvalue weighted by Gasteiger charge is -2.00. The first-order valence-electron chi connectivity index (χ1n) is 7.76. The van der Waals surface area contributed by atoms with Gasteiger partial charge < -0.3 is 9.30 Å². The number of carbonyl (C=O) groups excluding carboxylic acids is 2. The summed E-state index contributed by atoms with van der Waals surface area (Å²) in [6, 6.07) is 7.00. The fourth-order valence-corrected chi connectivity index (χ4v) is 3.64. The number of methoxy groups -OCH3 is 1. The molecule has 1 amide bonds. The van der Waals surface area contributed by atoms with Gasteiger partial charge in [-0.1, -0.05) is 11.3 Å². The Hall–Kier alpha value is -2.74. The fourth-order valence-electron chi connectivity index (χ4n) is 2.59. The predicted octanol–water partition coefficient (Wildman–Crippen LogP) is 2.29. The Morgan fingerprint density at radius 3 is 2.76 bits per heavy atom. The Balaban J connectivity index is 2.08. The third-order valence-electron chi connectivity index (χ3n) is 3.85. The highest BCUT2D eigenvalue weighted by Gasteiger charge is 2.14. The van der Waals surface area contributed by atoms with Crippen molar-refractivity contribution in [1.29, 1.82) is 0 Å². The number of amides is 1. The van der Waals surface area contributed by atoms with Crippen LogP contribution in [0.3, 0.4) is 0 Å². The average molecular weight is 358 g/mol. The van der Waals surface area contributed by atoms with Gasteiger partial charge in [0, 0.05) is 13.6 Å². The van der Waals surface area contributed by atoms with Crippen molar-refractivity contribution in [3.8, 4) is 0 Å². The van der Waals surface area contributed by atoms with Crippen LogP contribution in [0.4, 0.5) is 0 Å². The molecule has 2 aromatic heterocycles. The van der Waals surface area contributed by atoms with Gasteiger partial charge in [-0.25, -0.2) is 4.79 Å². The maximum Gasteiger partial charge on any atom is 0.337 e. The Kier molecular flexibility index (Phi) is 4.54. The highest BCUT2D eigenvalue weighted by Crippen LogP contribution is 2.19. The molecule has 0 spiro atoms. The number of nitrogens with zero attached hydrogens (tertiary/aromatic N) is 4. The van der Waals surface area contributed by atoms with E-state index in [0.717, 1.165) is 15.9 Å². The van der Waals surface area contributed by atoms with Crippen LogP contribution < -0.4 is 4.80 Å². The minimum absolute atomic E-state index is 0.335. The molecule has 7 nitrogen and oxygen atoms in total. The molecule has 0 unspecified atom stereocenters. The van der Waals surface area contributed by atoms with E-state index in [-0.39, 0.29) is 5.91 Å². The van der Waals surface area contributed by atoms with E-state index in [9.17, 15) is 9.59 Å². The molecule has 0 aliphatic rings. The highest BCUT2D eigenvalue weighted by atomic mass is 32.1. The van der Waals surface area contributed by atoms with Crippen molar-refractivity contribution < 1.29 is 14.3 Å². The largest absolute Gasteiger partial charge is 0.465 e. The summed E-state index contributed by atoms with van der Waals surface area (Å²) < 4.78 is 9.08. The second-order valence-electron chi connectivity index (χ2n) is 5.52. The van der Waals surface area contributed by atoms with Crippen molar-refractivity contribution >= 4 is 33.4 Å². The molecule has 0 N–H and O–H groups in total. The average Bonchev–Trinajstić information content (AvgIpc) is 3.14. The minimum Gasteiger partial charge on any atom is -0.465 e. The first kappa shape index (κ1) is 17.1. The summed E-state index contributed by atoms with van der Waals surface area (Å²) in [4.78, 5) is 29.0. The van der Waals surface area contributed by atoms with Crippen LogP contribution in [0.15, 0.2) is 29.3 Å². The lowest BCUT2D eigenvalue weighted by atomic mass is 10.2. The van der Waals surface area contributed by atoms with E-state index in [4.69, 9.17) is 4.74 Å². The van der Waals surface area contributed by atoms with Crippen molar-refractivity contribution in [3.63, 3.8) is 0 Å². The summed E-state index contributed by atoms with van der Waals surface area (Å²) >= 11 is 1.35. The lowest BCUT2D eigenvalue weighted by Crippen LogP contribution is -2.15. The maximum atomic E-state index is 12.5. The summed E-state index contributed by atoms with van der Waals surface area (Å²) in [5, 5.41) is 4.28. The number of aryl methyl sites for hydroxylation is 3. The van der Waals surface area contributed by atoms with Crippen LogP contribution in [0.2, 0.25) is 0 Å². The van der Waals surface area contributed by atoms with Gasteiger partial charge in [0.1, 0.15) is 5.69 Å². The number of esters is 1. The molecule has 2 heterocycles. The van der Waals surface area contributed by atoms with Crippen LogP contribution in [0.5, 0.6) is 0 Å². The maximum absolute atomic E-state index is 12.5. The summed E-state index contributed by atoms with van der Waals surface area (Å²) in [7, 11) is 3.18. The van der Waals surface area contributed by atoms with Crippen LogP contribution in [-0.4, -0.2) is 33.3 Å². The third kappa shape index (κ3) is 3.12. The molecule has 0 bridgehead atoms. The number of ether oxygens (including phenoxy) is 1. The Labute approximate surface area is 148 Å². The van der Waals surface area contributed by atoms with Crippen molar-refractivity contribution in [3.05, 3.63) is 46.0 Å². The Morgan fingerprint density at radius 1 is 1.32 bits per heavy atom. The molecule has 0 fully saturated rings. The van der Waals surface area contributed by atoms with Crippen LogP contribution >= 0.6 is 11.3 Å². The van der Waals surface area contributed by atoms with E-state index >= 15 is 0 Å². The molecule has 0 atom stereocenters. The van der Waals surface area contributed by atoms with Crippen molar-refractivity contribution in [1.82, 2.24) is 14.3 Å². The smallest absolute Gasteiger partial charge is 0.337 e. The molecule has 3 aromatic rings. The summed E-state index contributed by atoms with van der Waals surface area (Å²) in [6.07, 6.45) is 0. The highest BCUT2D eigenvalue weighted by molar-refractivity contribution is 7.16. The number of thiazole rings is 1. The van der Waals surface area contributed by atoms with E-state index < -0.39 is 5.97 Å². The molecule has 0 radical (unpaired) electrons. The second-order valence-corrected chi connectivity index (χ2v) is 6.53. The van der Waals surface area contributed by atoms with Gasteiger partial charge in [0.25, 0.3) is 5.91 Å². The van der Waals surface area contributed by atoms with E-state index in [2.05, 4.69) is 10.1 Å². The topological polar surface area (TPSA) is 78.5 Å². The van der Waals surface area contributed by atoms with Gasteiger partial charge in [-0.15, -0.1) is 0 Å². The van der Waals surface area contributed by atoms with Crippen LogP contribution in [0.1, 0.15) is 33.5 Å². The van der Waals surface area contributed by atoms with Gasteiger partial charge in [0.2, 0.25) is 0 Å². The first-order chi connectivity index (χ1) is 11.9. The van der Waals surface area contributed by atoms with E-state index in [1.165, 1.54) is 18.4 Å². The van der Waals surface area contributed by atoms with Crippen molar-refractivity contribution in [2.24, 2.45) is 12.0 Å². The number of rotatable bonds is 3. The normalized spacial score (nSPS) is 11.9. The standard InChI is InChI=1S/C17H18N4O3S/c1-5-21-13(8-10(2)19-21)15(22)18-17-20(3)12-7-6-11(16(23)24-4)9-14(12)25-17/h6-9H,5H2,1-4H3. The van der Waals surface area contributed by atoms with Gasteiger partial charge in [-0.3, -0.25) is 9.48 Å². The monoisotopic (exact) mass is 358 g/mol. The van der Waals surface area contributed by atoms with Gasteiger partial charge in [0.15, 0.2) is 4.80 Å². The van der Waals surface area contributed by atoms with E-state index in [1.807, 2.05) is 31.5 Å². The van der Waals surface area contributed by atoms with Crippen LogP contribution in [-0.2, 0) is 18.3 Å². The molecular weight excluding hydrogens is 340 g/mol. The minimum atomic E-state index is -0.394. The number of benzene rings is 1. The van der Waals surface area contributed by atoms with Crippen molar-refractivity contribution in [2.45, 2.75) is 20.4 Å². The van der Waals surface area contributed by atoms with Crippen LogP contribution in [0.25, 0.3) is 10.2 Å². The number of carbonyl (C=O) groups is 2. The van der Waals surface area contributed by atoms with Gasteiger partial charge in [-0.05, 0) is 38.1 Å². The van der Waals surface area contributed by atoms with Crippen LogP contribution in [0, 0.1) is 6.92 Å². The zero-order valence-corrected chi connectivity index (χ0v) is 15.3. The molecule has 3 rings (SSSR count). The number of aromatic nitrogens is 3. The van der Waals surface area contributed by atoms with Gasteiger partial charge >= 0.3 is 5.97 Å². The number of fused-ring (bicyclic) bond motifs is 1. The quantitative estimate of drug-likeness (QED) is 0.673. The molecule has 1 aromatic carbocycles. The zero-order valence-electron chi connectivity index (χ0n) is 14.4. The van der Waals surface area contributed by atoms with E-state index in [0.29, 0.717) is 22.6 Å². The molecule has 25 heavy (non-hydrogen) atoms. The van der Waals surface area contributed by atoms with Crippen molar-refractivity contribution in [2.75, 3.05) is 7.11 Å². The van der Waals surface area contributed by atoms with E-state index in [1.54, 1.807) is 22.9 Å². The Bertz CT molecular complexity index is 1040. The molecule has 0 saturated heterocycles. The third-order valence-corrected chi connectivity index (χ3v) is 4.94. The SMILES string of the molecule is CCn1nc(C)cc1C(=O)N=c1sc2cc(C(=O)OC)ccc2n1C. The number of hydrogen-bond acceptors (Lipinski definition) is 5. The van der Waals surface area contributed by atoms with Gasteiger partial charge in [0.05, 0.1) is 28.6 Å². The summed E-state index contributed by atoms with van der Waals surface area (Å²) in [6.45, 7) is 4.37. The first-order valence-corrected chi connectivity index (χ1v) is 8.57. The lowest BCUT2D eigenvalue weighted by molar-refractivity contribution is 0.0601. The summed E-state index contributed by atoms with van der Waals surface area (Å²) in [5.41, 5.74) is 2.61. The molecule has 8 heteroatoms. The molecule has 130 valence electrons. The fraction of sp³-hybridized carbons (Fsp3) is 0.294. The zero-order chi connectivity index (χ0) is 18.1. The molecular formula is C17H18N4O3S. The summed E-state index contributed by atoms with van der Waals surface area (Å²) in [5.74, 6) is -0.729. The molecule has 0 aliphatic carbocycles. The second kappa shape index (κ2) is 6.64. The predicted molar refractivity (Wildman–Crippen MR) is 94.7 cm³/mol. The molecule has 0 saturated carbocycles. The van der Waals surface area contributed by atoms with Gasteiger partial charge in [-0.2, -0.15) is 10.1 Å². The number of hydrogen-bond donors (Lipinski definition) is 0. The Morgan fingerprint density at radius 2 is 2.08 bits per heavy atom.